The molecule has 1 aliphatic heterocycles. The Morgan fingerprint density at radius 2 is 2.15 bits per heavy atom. The number of hydrogen-bond donors (Lipinski definition) is 1. The molecule has 0 bridgehead atoms. The van der Waals surface area contributed by atoms with Gasteiger partial charge in [-0.25, -0.2) is 0 Å². The lowest BCUT2D eigenvalue weighted by Crippen LogP contribution is -2.25. The number of rotatable bonds is 3. The number of hydrogen-bond acceptors (Lipinski definition) is 3. The van der Waals surface area contributed by atoms with Crippen molar-refractivity contribution in [3.63, 3.8) is 0 Å². The van der Waals surface area contributed by atoms with E-state index in [-0.39, 0.29) is 12.5 Å². The van der Waals surface area contributed by atoms with Gasteiger partial charge in [-0.3, -0.25) is 9.78 Å². The molecule has 0 aliphatic carbocycles. The summed E-state index contributed by atoms with van der Waals surface area (Å²) in [6.45, 7) is 0. The number of carboxylic acid groups (broad SMARTS) is 1. The number of aliphatic carboxylic acids is 1. The summed E-state index contributed by atoms with van der Waals surface area (Å²) >= 11 is 0. The normalized spacial score (nSPS) is 23.6. The zero-order valence-electron chi connectivity index (χ0n) is 10.6. The van der Waals surface area contributed by atoms with Crippen molar-refractivity contribution in [2.75, 3.05) is 0 Å². The van der Waals surface area contributed by atoms with Gasteiger partial charge in [0, 0.05) is 6.20 Å². The molecular weight excluding hydrogens is 275 g/mol. The number of alkyl halides is 3. The molecule has 0 saturated carbocycles. The number of aromatic nitrogens is 1. The highest BCUT2D eigenvalue weighted by Gasteiger charge is 2.33. The third kappa shape index (κ3) is 3.69. The average molecular weight is 289 g/mol. The van der Waals surface area contributed by atoms with Crippen molar-refractivity contribution in [2.24, 2.45) is 0 Å². The topological polar surface area (TPSA) is 59.4 Å². The summed E-state index contributed by atoms with van der Waals surface area (Å²) in [6, 6.07) is 2.25. The Hall–Kier alpha value is -1.63. The first-order valence-corrected chi connectivity index (χ1v) is 6.26. The Morgan fingerprint density at radius 3 is 2.70 bits per heavy atom. The van der Waals surface area contributed by atoms with E-state index in [1.54, 1.807) is 0 Å². The summed E-state index contributed by atoms with van der Waals surface area (Å²) < 4.78 is 42.8. The van der Waals surface area contributed by atoms with Gasteiger partial charge in [-0.1, -0.05) is 6.07 Å². The molecule has 110 valence electrons. The van der Waals surface area contributed by atoms with Crippen LogP contribution in [0.2, 0.25) is 0 Å². The third-order valence-corrected chi connectivity index (χ3v) is 3.20. The maximum Gasteiger partial charge on any atom is 0.433 e. The fraction of sp³-hybridized carbons (Fsp3) is 0.538. The van der Waals surface area contributed by atoms with Crippen LogP contribution in [0.15, 0.2) is 18.3 Å². The van der Waals surface area contributed by atoms with Crippen LogP contribution in [0.25, 0.3) is 0 Å². The highest BCUT2D eigenvalue weighted by Crippen LogP contribution is 2.33. The summed E-state index contributed by atoms with van der Waals surface area (Å²) in [7, 11) is 0. The Morgan fingerprint density at radius 1 is 1.40 bits per heavy atom. The molecule has 2 heterocycles. The number of carbonyl (C=O) groups is 1. The average Bonchev–Trinajstić information content (AvgIpc) is 2.37. The van der Waals surface area contributed by atoms with Crippen molar-refractivity contribution < 1.29 is 27.8 Å². The van der Waals surface area contributed by atoms with Crippen LogP contribution in [0, 0.1) is 0 Å². The number of carboxylic acids is 1. The lowest BCUT2D eigenvalue weighted by atomic mass is 9.98. The van der Waals surface area contributed by atoms with Crippen molar-refractivity contribution in [1.29, 1.82) is 0 Å². The third-order valence-electron chi connectivity index (χ3n) is 3.20. The molecule has 2 unspecified atom stereocenters. The largest absolute Gasteiger partial charge is 0.481 e. The molecule has 1 saturated heterocycles. The quantitative estimate of drug-likeness (QED) is 0.928. The van der Waals surface area contributed by atoms with E-state index in [2.05, 4.69) is 4.98 Å². The molecule has 0 amide bonds. The molecule has 0 aromatic carbocycles. The zero-order chi connectivity index (χ0) is 14.8. The molecule has 2 atom stereocenters. The van der Waals surface area contributed by atoms with Crippen LogP contribution in [0.5, 0.6) is 0 Å². The Kier molecular flexibility index (Phi) is 4.27. The Balaban J connectivity index is 2.05. The van der Waals surface area contributed by atoms with Crippen molar-refractivity contribution >= 4 is 5.97 Å². The van der Waals surface area contributed by atoms with E-state index in [0.29, 0.717) is 18.4 Å². The minimum atomic E-state index is -4.46. The molecule has 7 heteroatoms. The predicted octanol–water partition coefficient (Wildman–Crippen LogP) is 3.19. The summed E-state index contributed by atoms with van der Waals surface area (Å²) in [6.07, 6.45) is -2.10. The molecule has 2 rings (SSSR count). The van der Waals surface area contributed by atoms with Gasteiger partial charge in [0.05, 0.1) is 18.6 Å². The van der Waals surface area contributed by atoms with Gasteiger partial charge >= 0.3 is 12.1 Å². The lowest BCUT2D eigenvalue weighted by molar-refractivity contribution is -0.144. The SMILES string of the molecule is O=C(O)CC1CCCC(c2ccc(C(F)(F)F)nc2)O1. The van der Waals surface area contributed by atoms with Crippen LogP contribution in [-0.4, -0.2) is 22.2 Å². The van der Waals surface area contributed by atoms with E-state index >= 15 is 0 Å². The maximum atomic E-state index is 12.4. The number of ether oxygens (including phenoxy) is 1. The molecule has 1 N–H and O–H groups in total. The first kappa shape index (κ1) is 14.8. The second-order valence-electron chi connectivity index (χ2n) is 4.75. The first-order valence-electron chi connectivity index (χ1n) is 6.26. The van der Waals surface area contributed by atoms with Crippen molar-refractivity contribution in [3.05, 3.63) is 29.6 Å². The molecule has 1 aromatic rings. The molecular formula is C13H14F3NO3. The second-order valence-corrected chi connectivity index (χ2v) is 4.75. The van der Waals surface area contributed by atoms with Crippen LogP contribution < -0.4 is 0 Å². The van der Waals surface area contributed by atoms with E-state index < -0.39 is 23.9 Å². The van der Waals surface area contributed by atoms with Gasteiger partial charge in [0.25, 0.3) is 0 Å². The Labute approximate surface area is 113 Å². The van der Waals surface area contributed by atoms with Crippen LogP contribution in [0.3, 0.4) is 0 Å². The fourth-order valence-corrected chi connectivity index (χ4v) is 2.25. The number of halogens is 3. The highest BCUT2D eigenvalue weighted by atomic mass is 19.4. The highest BCUT2D eigenvalue weighted by molar-refractivity contribution is 5.67. The zero-order valence-corrected chi connectivity index (χ0v) is 10.6. The van der Waals surface area contributed by atoms with E-state index in [1.165, 1.54) is 6.07 Å². The van der Waals surface area contributed by atoms with Gasteiger partial charge in [0.1, 0.15) is 5.69 Å². The summed E-state index contributed by atoms with van der Waals surface area (Å²) in [5.74, 6) is -0.943. The minimum absolute atomic E-state index is 0.0927. The molecule has 4 nitrogen and oxygen atoms in total. The number of nitrogens with zero attached hydrogens (tertiary/aromatic N) is 1. The summed E-state index contributed by atoms with van der Waals surface area (Å²) in [5, 5.41) is 8.73. The summed E-state index contributed by atoms with van der Waals surface area (Å²) in [4.78, 5) is 14.0. The van der Waals surface area contributed by atoms with E-state index in [9.17, 15) is 18.0 Å². The molecule has 0 radical (unpaired) electrons. The van der Waals surface area contributed by atoms with Crippen molar-refractivity contribution in [2.45, 2.75) is 44.1 Å². The first-order chi connectivity index (χ1) is 9.36. The molecule has 0 spiro atoms. The van der Waals surface area contributed by atoms with Gasteiger partial charge in [-0.05, 0) is 30.9 Å². The van der Waals surface area contributed by atoms with Crippen molar-refractivity contribution in [3.8, 4) is 0 Å². The van der Waals surface area contributed by atoms with Crippen LogP contribution in [0.1, 0.15) is 43.0 Å². The smallest absolute Gasteiger partial charge is 0.433 e. The fourth-order valence-electron chi connectivity index (χ4n) is 2.25. The summed E-state index contributed by atoms with van der Waals surface area (Å²) in [5.41, 5.74) is -0.396. The standard InChI is InChI=1S/C13H14F3NO3/c14-13(15,16)11-5-4-8(7-17-11)10-3-1-2-9(20-10)6-12(18)19/h4-5,7,9-10H,1-3,6H2,(H,18,19). The molecule has 20 heavy (non-hydrogen) atoms. The van der Waals surface area contributed by atoms with Gasteiger partial charge in [0.2, 0.25) is 0 Å². The van der Waals surface area contributed by atoms with Crippen molar-refractivity contribution in [1.82, 2.24) is 4.98 Å². The maximum absolute atomic E-state index is 12.4. The van der Waals surface area contributed by atoms with Gasteiger partial charge < -0.3 is 9.84 Å². The van der Waals surface area contributed by atoms with Gasteiger partial charge in [-0.15, -0.1) is 0 Å². The second kappa shape index (κ2) is 5.78. The molecule has 1 fully saturated rings. The van der Waals surface area contributed by atoms with E-state index in [1.807, 2.05) is 0 Å². The van der Waals surface area contributed by atoms with E-state index in [4.69, 9.17) is 9.84 Å². The molecule has 1 aliphatic rings. The molecule has 1 aromatic heterocycles. The predicted molar refractivity (Wildman–Crippen MR) is 63.0 cm³/mol. The Bertz CT molecular complexity index is 473. The van der Waals surface area contributed by atoms with Gasteiger partial charge in [-0.2, -0.15) is 13.2 Å². The van der Waals surface area contributed by atoms with Crippen LogP contribution >= 0.6 is 0 Å². The monoisotopic (exact) mass is 289 g/mol. The number of pyridine rings is 1. The van der Waals surface area contributed by atoms with E-state index in [0.717, 1.165) is 18.7 Å². The van der Waals surface area contributed by atoms with Crippen LogP contribution in [0.4, 0.5) is 13.2 Å². The van der Waals surface area contributed by atoms with Crippen LogP contribution in [-0.2, 0) is 15.7 Å². The minimum Gasteiger partial charge on any atom is -0.481 e. The van der Waals surface area contributed by atoms with Gasteiger partial charge in [0.15, 0.2) is 0 Å². The lowest BCUT2D eigenvalue weighted by Gasteiger charge is -2.29.